The normalized spacial score (nSPS) is 15.6. The van der Waals surface area contributed by atoms with Crippen LogP contribution in [0.2, 0.25) is 0 Å². The fourth-order valence-corrected chi connectivity index (χ4v) is 5.07. The average Bonchev–Trinajstić information content (AvgIpc) is 3.14. The minimum atomic E-state index is -0.250. The maximum absolute atomic E-state index is 12.3. The largest absolute Gasteiger partial charge is 0.329 e. The van der Waals surface area contributed by atoms with Gasteiger partial charge in [-0.1, -0.05) is 141 Å². The predicted octanol–water partition coefficient (Wildman–Crippen LogP) is 8.94. The second kappa shape index (κ2) is 20.3. The fourth-order valence-electron chi connectivity index (χ4n) is 5.07. The number of carbonyl (C=O) groups excluding carboxylic acids is 2. The Morgan fingerprint density at radius 1 is 0.727 bits per heavy atom. The van der Waals surface area contributed by atoms with Crippen LogP contribution in [0.1, 0.15) is 156 Å². The van der Waals surface area contributed by atoms with Crippen molar-refractivity contribution in [1.29, 1.82) is 0 Å². The molecule has 0 bridgehead atoms. The van der Waals surface area contributed by atoms with Crippen LogP contribution in [-0.4, -0.2) is 29.2 Å². The number of carbonyl (C=O) groups is 2. The van der Waals surface area contributed by atoms with Gasteiger partial charge in [0, 0.05) is 13.0 Å². The third-order valence-electron chi connectivity index (χ3n) is 7.34. The Morgan fingerprint density at radius 2 is 1.18 bits per heavy atom. The van der Waals surface area contributed by atoms with Crippen molar-refractivity contribution in [2.45, 2.75) is 162 Å². The number of Topliss-reactive ketones (excluding diaryl/α,β-unsaturated/α-hetero) is 1. The van der Waals surface area contributed by atoms with Crippen molar-refractivity contribution in [3.63, 3.8) is 0 Å². The van der Waals surface area contributed by atoms with E-state index >= 15 is 0 Å². The summed E-state index contributed by atoms with van der Waals surface area (Å²) in [6.45, 7) is 7.26. The van der Waals surface area contributed by atoms with Crippen LogP contribution >= 0.6 is 0 Å². The number of rotatable bonds is 22. The molecule has 192 valence electrons. The summed E-state index contributed by atoms with van der Waals surface area (Å²) in [6, 6.07) is 0.132. The number of likely N-dealkylation sites (tertiary alicyclic amines) is 1. The molecule has 0 saturated carbocycles. The lowest BCUT2D eigenvalue weighted by atomic mass is 9.97. The zero-order valence-corrected chi connectivity index (χ0v) is 22.5. The molecule has 1 rings (SSSR count). The second-order valence-electron chi connectivity index (χ2n) is 10.4. The van der Waals surface area contributed by atoms with E-state index in [0.717, 1.165) is 19.3 Å². The molecular formula is C30H55NO2. The molecule has 0 aromatic carbocycles. The Labute approximate surface area is 206 Å². The molecule has 0 radical (unpaired) electrons. The molecule has 3 heteroatoms. The fraction of sp³-hybridized carbons (Fsp3) is 0.867. The second-order valence-corrected chi connectivity index (χ2v) is 10.4. The first-order valence-corrected chi connectivity index (χ1v) is 14.6. The van der Waals surface area contributed by atoms with E-state index in [2.05, 4.69) is 26.8 Å². The van der Waals surface area contributed by atoms with Gasteiger partial charge in [0.15, 0.2) is 0 Å². The third-order valence-corrected chi connectivity index (χ3v) is 7.34. The molecule has 1 saturated heterocycles. The highest BCUT2D eigenvalue weighted by Gasteiger charge is 2.34. The zero-order chi connectivity index (χ0) is 24.2. The predicted molar refractivity (Wildman–Crippen MR) is 143 cm³/mol. The lowest BCUT2D eigenvalue weighted by Gasteiger charge is -2.28. The number of hydrogen-bond donors (Lipinski definition) is 0. The van der Waals surface area contributed by atoms with Gasteiger partial charge < -0.3 is 4.90 Å². The molecular weight excluding hydrogens is 406 g/mol. The quantitative estimate of drug-likeness (QED) is 0.0916. The summed E-state index contributed by atoms with van der Waals surface area (Å²) in [5, 5.41) is 0. The van der Waals surface area contributed by atoms with E-state index in [1.807, 2.05) is 4.90 Å². The molecule has 0 aromatic rings. The molecule has 0 aliphatic carbocycles. The molecule has 1 aliphatic rings. The van der Waals surface area contributed by atoms with Gasteiger partial charge in [-0.2, -0.15) is 0 Å². The maximum Gasteiger partial charge on any atom is 0.290 e. The third kappa shape index (κ3) is 14.0. The first-order valence-electron chi connectivity index (χ1n) is 14.6. The average molecular weight is 462 g/mol. The summed E-state index contributed by atoms with van der Waals surface area (Å²) in [6.07, 6.45) is 29.2. The van der Waals surface area contributed by atoms with Crippen molar-refractivity contribution < 1.29 is 9.59 Å². The molecule has 1 amide bonds. The minimum absolute atomic E-state index is 0.132. The van der Waals surface area contributed by atoms with Crippen LogP contribution in [0.15, 0.2) is 11.6 Å². The molecule has 1 unspecified atom stereocenters. The molecule has 0 N–H and O–H groups in total. The Hall–Kier alpha value is -1.12. The molecule has 1 heterocycles. The van der Waals surface area contributed by atoms with Crippen molar-refractivity contribution in [3.8, 4) is 0 Å². The van der Waals surface area contributed by atoms with Gasteiger partial charge in [0.1, 0.15) is 0 Å². The van der Waals surface area contributed by atoms with Crippen molar-refractivity contribution in [2.24, 2.45) is 0 Å². The highest BCUT2D eigenvalue weighted by Crippen LogP contribution is 2.23. The standard InChI is InChI=1S/C30H55NO2/c1-4-6-8-9-10-11-12-13-14-15-16-17-18-19-20-22-24-28(27(3)23-21-7-5-2)31-26-25-29(32)30(31)33/h23,28H,4-22,24-26H2,1-3H3. The van der Waals surface area contributed by atoms with Crippen molar-refractivity contribution in [1.82, 2.24) is 4.90 Å². The van der Waals surface area contributed by atoms with Crippen LogP contribution in [0.3, 0.4) is 0 Å². The van der Waals surface area contributed by atoms with Crippen molar-refractivity contribution in [2.75, 3.05) is 6.54 Å². The van der Waals surface area contributed by atoms with Crippen LogP contribution < -0.4 is 0 Å². The van der Waals surface area contributed by atoms with Crippen LogP contribution in [0.25, 0.3) is 0 Å². The molecule has 1 fully saturated rings. The van der Waals surface area contributed by atoms with Gasteiger partial charge >= 0.3 is 0 Å². The van der Waals surface area contributed by atoms with E-state index in [1.54, 1.807) is 0 Å². The topological polar surface area (TPSA) is 37.4 Å². The molecule has 1 atom stereocenters. The van der Waals surface area contributed by atoms with Gasteiger partial charge in [0.25, 0.3) is 5.91 Å². The first kappa shape index (κ1) is 29.9. The number of ketones is 1. The number of nitrogens with zero attached hydrogens (tertiary/aromatic N) is 1. The SMILES string of the molecule is CCCCC=C(C)C(CCCCCCCCCCCCCCCCCC)N1CCC(=O)C1=O. The van der Waals surface area contributed by atoms with E-state index in [9.17, 15) is 9.59 Å². The van der Waals surface area contributed by atoms with Gasteiger partial charge in [-0.05, 0) is 19.8 Å². The smallest absolute Gasteiger partial charge is 0.290 e. The van der Waals surface area contributed by atoms with Crippen molar-refractivity contribution in [3.05, 3.63) is 11.6 Å². The number of allylic oxidation sites excluding steroid dienone is 1. The number of amides is 1. The lowest BCUT2D eigenvalue weighted by Crippen LogP contribution is -2.38. The summed E-state index contributed by atoms with van der Waals surface area (Å²) in [5.41, 5.74) is 1.28. The summed E-state index contributed by atoms with van der Waals surface area (Å²) >= 11 is 0. The van der Waals surface area contributed by atoms with Crippen LogP contribution in [0.4, 0.5) is 0 Å². The summed E-state index contributed by atoms with van der Waals surface area (Å²) < 4.78 is 0. The summed E-state index contributed by atoms with van der Waals surface area (Å²) in [4.78, 5) is 25.9. The van der Waals surface area contributed by atoms with Crippen LogP contribution in [0, 0.1) is 0 Å². The highest BCUT2D eigenvalue weighted by atomic mass is 16.2. The van der Waals surface area contributed by atoms with E-state index in [-0.39, 0.29) is 17.7 Å². The maximum atomic E-state index is 12.3. The molecule has 0 aromatic heterocycles. The lowest BCUT2D eigenvalue weighted by molar-refractivity contribution is -0.140. The molecule has 3 nitrogen and oxygen atoms in total. The van der Waals surface area contributed by atoms with E-state index in [4.69, 9.17) is 0 Å². The molecule has 33 heavy (non-hydrogen) atoms. The van der Waals surface area contributed by atoms with Gasteiger partial charge in [-0.3, -0.25) is 9.59 Å². The van der Waals surface area contributed by atoms with E-state index < -0.39 is 0 Å². The molecule has 0 spiro atoms. The Kier molecular flexibility index (Phi) is 18.4. The Morgan fingerprint density at radius 3 is 1.61 bits per heavy atom. The highest BCUT2D eigenvalue weighted by molar-refractivity contribution is 6.38. The first-order chi connectivity index (χ1) is 16.1. The van der Waals surface area contributed by atoms with Gasteiger partial charge in [0.2, 0.25) is 5.78 Å². The zero-order valence-electron chi connectivity index (χ0n) is 22.5. The van der Waals surface area contributed by atoms with E-state index in [0.29, 0.717) is 13.0 Å². The minimum Gasteiger partial charge on any atom is -0.329 e. The van der Waals surface area contributed by atoms with Gasteiger partial charge in [-0.25, -0.2) is 0 Å². The van der Waals surface area contributed by atoms with Crippen LogP contribution in [-0.2, 0) is 9.59 Å². The van der Waals surface area contributed by atoms with Crippen molar-refractivity contribution >= 4 is 11.7 Å². The summed E-state index contributed by atoms with van der Waals surface area (Å²) in [5.74, 6) is -0.451. The van der Waals surface area contributed by atoms with Crippen LogP contribution in [0.5, 0.6) is 0 Å². The Bertz CT molecular complexity index is 539. The monoisotopic (exact) mass is 461 g/mol. The Balaban J connectivity index is 2.09. The molecule has 1 aliphatic heterocycles. The summed E-state index contributed by atoms with van der Waals surface area (Å²) in [7, 11) is 0. The van der Waals surface area contributed by atoms with E-state index in [1.165, 1.54) is 115 Å². The number of unbranched alkanes of at least 4 members (excludes halogenated alkanes) is 17. The van der Waals surface area contributed by atoms with Gasteiger partial charge in [-0.15, -0.1) is 0 Å². The number of hydrogen-bond acceptors (Lipinski definition) is 2. The van der Waals surface area contributed by atoms with Gasteiger partial charge in [0.05, 0.1) is 6.04 Å².